The molecule has 2 aliphatic rings. The summed E-state index contributed by atoms with van der Waals surface area (Å²) in [6.07, 6.45) is 0.563. The highest BCUT2D eigenvalue weighted by Gasteiger charge is 2.38. The first kappa shape index (κ1) is 27.4. The van der Waals surface area contributed by atoms with Gasteiger partial charge in [-0.15, -0.1) is 0 Å². The second-order valence-electron chi connectivity index (χ2n) is 10.4. The zero-order valence-electron chi connectivity index (χ0n) is 22.4. The number of carboxylic acids is 1. The molecule has 0 aliphatic heterocycles. The molecule has 40 heavy (non-hydrogen) atoms. The van der Waals surface area contributed by atoms with E-state index in [4.69, 9.17) is 9.47 Å². The molecule has 3 aromatic carbocycles. The average molecular weight is 543 g/mol. The zero-order valence-corrected chi connectivity index (χ0v) is 22.4. The van der Waals surface area contributed by atoms with Gasteiger partial charge in [0.15, 0.2) is 6.04 Å². The number of amides is 2. The lowest BCUT2D eigenvalue weighted by atomic mass is 9.98. The summed E-state index contributed by atoms with van der Waals surface area (Å²) in [5.74, 6) is -2.20. The van der Waals surface area contributed by atoms with Crippen LogP contribution in [-0.4, -0.2) is 47.9 Å². The number of rotatable bonds is 10. The van der Waals surface area contributed by atoms with E-state index < -0.39 is 42.1 Å². The van der Waals surface area contributed by atoms with E-state index >= 15 is 0 Å². The smallest absolute Gasteiger partial charge is 0.407 e. The van der Waals surface area contributed by atoms with Crippen molar-refractivity contribution in [3.05, 3.63) is 95.6 Å². The minimum absolute atomic E-state index is 0.0606. The minimum atomic E-state index is -1.22. The Balaban J connectivity index is 1.16. The molecule has 3 aromatic rings. The predicted octanol–water partition coefficient (Wildman–Crippen LogP) is 4.87. The third kappa shape index (κ3) is 6.02. The number of nitrogens with one attached hydrogen (secondary N) is 2. The van der Waals surface area contributed by atoms with Crippen LogP contribution in [0.4, 0.5) is 4.79 Å². The van der Waals surface area contributed by atoms with Crippen molar-refractivity contribution in [3.8, 4) is 11.1 Å². The van der Waals surface area contributed by atoms with Gasteiger partial charge in [-0.25, -0.2) is 9.59 Å². The first-order chi connectivity index (χ1) is 19.4. The van der Waals surface area contributed by atoms with Crippen molar-refractivity contribution in [1.29, 1.82) is 0 Å². The summed E-state index contributed by atoms with van der Waals surface area (Å²) < 4.78 is 11.4. The molecule has 8 nitrogen and oxygen atoms in total. The molecule has 0 radical (unpaired) electrons. The number of hydrogen-bond donors (Lipinski definition) is 3. The van der Waals surface area contributed by atoms with Crippen molar-refractivity contribution in [3.63, 3.8) is 0 Å². The van der Waals surface area contributed by atoms with Crippen LogP contribution in [0.1, 0.15) is 48.8 Å². The lowest BCUT2D eigenvalue weighted by Crippen LogP contribution is -2.53. The third-order valence-corrected chi connectivity index (χ3v) is 7.89. The maximum atomic E-state index is 13.2. The fraction of sp³-hybridized carbons (Fsp3) is 0.344. The van der Waals surface area contributed by atoms with Crippen LogP contribution >= 0.6 is 0 Å². The molecular weight excluding hydrogens is 508 g/mol. The van der Waals surface area contributed by atoms with Gasteiger partial charge in [-0.1, -0.05) is 85.3 Å². The number of alkyl carbamates (subject to hydrolysis) is 1. The molecule has 1 fully saturated rings. The van der Waals surface area contributed by atoms with E-state index in [0.717, 1.165) is 34.2 Å². The van der Waals surface area contributed by atoms with Crippen molar-refractivity contribution >= 4 is 18.0 Å². The first-order valence-corrected chi connectivity index (χ1v) is 13.7. The number of ether oxygens (including phenoxy) is 2. The molecule has 3 N–H and O–H groups in total. The van der Waals surface area contributed by atoms with Crippen LogP contribution in [0.3, 0.4) is 0 Å². The summed E-state index contributed by atoms with van der Waals surface area (Å²) in [5, 5.41) is 15.3. The fourth-order valence-electron chi connectivity index (χ4n) is 5.78. The van der Waals surface area contributed by atoms with Gasteiger partial charge >= 0.3 is 12.1 Å². The molecule has 0 heterocycles. The number of carboxylic acid groups (broad SMARTS) is 1. The monoisotopic (exact) mass is 542 g/mol. The van der Waals surface area contributed by atoms with Gasteiger partial charge in [0.25, 0.3) is 0 Å². The van der Waals surface area contributed by atoms with Crippen LogP contribution in [-0.2, 0) is 25.7 Å². The van der Waals surface area contributed by atoms with Crippen molar-refractivity contribution < 1.29 is 29.0 Å². The van der Waals surface area contributed by atoms with Crippen molar-refractivity contribution in [2.45, 2.75) is 56.9 Å². The molecule has 8 heteroatoms. The predicted molar refractivity (Wildman–Crippen MR) is 150 cm³/mol. The van der Waals surface area contributed by atoms with Crippen molar-refractivity contribution in [2.75, 3.05) is 6.61 Å². The third-order valence-electron chi connectivity index (χ3n) is 7.89. The molecular formula is C32H34N2O6. The number of carbonyl (C=O) groups excluding carboxylic acids is 2. The number of carbonyl (C=O) groups is 3. The van der Waals surface area contributed by atoms with E-state index in [2.05, 4.69) is 34.9 Å². The molecule has 1 saturated carbocycles. The largest absolute Gasteiger partial charge is 0.480 e. The molecule has 2 amide bonds. The van der Waals surface area contributed by atoms with E-state index in [1.54, 1.807) is 6.92 Å². The summed E-state index contributed by atoms with van der Waals surface area (Å²) in [4.78, 5) is 37.9. The molecule has 4 atom stereocenters. The van der Waals surface area contributed by atoms with Crippen LogP contribution in [0.15, 0.2) is 78.9 Å². The number of hydrogen-bond acceptors (Lipinski definition) is 5. The second kappa shape index (κ2) is 12.3. The maximum Gasteiger partial charge on any atom is 0.407 e. The zero-order chi connectivity index (χ0) is 28.1. The average Bonchev–Trinajstić information content (AvgIpc) is 3.56. The van der Waals surface area contributed by atoms with Gasteiger partial charge in [-0.2, -0.15) is 0 Å². The van der Waals surface area contributed by atoms with Gasteiger partial charge in [-0.05, 0) is 47.6 Å². The highest BCUT2D eigenvalue weighted by Crippen LogP contribution is 2.44. The molecule has 208 valence electrons. The van der Waals surface area contributed by atoms with Gasteiger partial charge in [-0.3, -0.25) is 4.79 Å². The van der Waals surface area contributed by atoms with Crippen LogP contribution in [0.25, 0.3) is 11.1 Å². The van der Waals surface area contributed by atoms with Crippen LogP contribution in [0.2, 0.25) is 0 Å². The molecule has 4 unspecified atom stereocenters. The van der Waals surface area contributed by atoms with Gasteiger partial charge < -0.3 is 25.2 Å². The van der Waals surface area contributed by atoms with Crippen LogP contribution < -0.4 is 10.6 Å². The SMILES string of the molecule is CC(OCc1ccccc1)C(NC(=O)C1CCCC1NC(=O)OCC1c2ccccc2-c2ccccc21)C(=O)O. The summed E-state index contributed by atoms with van der Waals surface area (Å²) in [6, 6.07) is 24.0. The van der Waals surface area contributed by atoms with Crippen LogP contribution in [0.5, 0.6) is 0 Å². The Kier molecular flexibility index (Phi) is 8.45. The molecule has 2 aliphatic carbocycles. The van der Waals surface area contributed by atoms with E-state index in [-0.39, 0.29) is 19.1 Å². The topological polar surface area (TPSA) is 114 Å². The standard InChI is InChI=1S/C32H34N2O6/c1-20(39-18-21-10-3-2-4-11-21)29(31(36)37)34-30(35)26-16-9-17-28(26)33-32(38)40-19-27-24-14-7-5-12-22(24)23-13-6-8-15-25(23)27/h2-8,10-15,20,26-29H,9,16-19H2,1H3,(H,33,38)(H,34,35)(H,36,37). The van der Waals surface area contributed by atoms with Crippen molar-refractivity contribution in [1.82, 2.24) is 10.6 Å². The maximum absolute atomic E-state index is 13.2. The highest BCUT2D eigenvalue weighted by atomic mass is 16.5. The minimum Gasteiger partial charge on any atom is -0.480 e. The first-order valence-electron chi connectivity index (χ1n) is 13.7. The Hall–Kier alpha value is -4.17. The van der Waals surface area contributed by atoms with E-state index in [1.165, 1.54) is 0 Å². The van der Waals surface area contributed by atoms with Crippen molar-refractivity contribution in [2.24, 2.45) is 5.92 Å². The summed E-state index contributed by atoms with van der Waals surface area (Å²) in [7, 11) is 0. The number of fused-ring (bicyclic) bond motifs is 3. The number of benzene rings is 3. The lowest BCUT2D eigenvalue weighted by Gasteiger charge is -2.26. The normalized spacial score (nSPS) is 19.2. The number of aliphatic carboxylic acids is 1. The molecule has 0 saturated heterocycles. The van der Waals surface area contributed by atoms with Gasteiger partial charge in [0.05, 0.1) is 18.6 Å². The summed E-state index contributed by atoms with van der Waals surface area (Å²) >= 11 is 0. The molecule has 5 rings (SSSR count). The molecule has 0 aromatic heterocycles. The quantitative estimate of drug-likeness (QED) is 0.337. The van der Waals surface area contributed by atoms with Gasteiger partial charge in [0.2, 0.25) is 5.91 Å². The lowest BCUT2D eigenvalue weighted by molar-refractivity contribution is -0.147. The van der Waals surface area contributed by atoms with E-state index in [0.29, 0.717) is 12.8 Å². The van der Waals surface area contributed by atoms with Crippen LogP contribution in [0, 0.1) is 5.92 Å². The molecule has 0 bridgehead atoms. The Bertz CT molecular complexity index is 1310. The summed E-state index contributed by atoms with van der Waals surface area (Å²) in [6.45, 7) is 2.04. The van der Waals surface area contributed by atoms with Gasteiger partial charge in [0, 0.05) is 12.0 Å². The summed E-state index contributed by atoms with van der Waals surface area (Å²) in [5.41, 5.74) is 5.45. The highest BCUT2D eigenvalue weighted by molar-refractivity contribution is 5.86. The Morgan fingerprint density at radius 1 is 0.900 bits per heavy atom. The molecule has 0 spiro atoms. The van der Waals surface area contributed by atoms with Gasteiger partial charge in [0.1, 0.15) is 6.61 Å². The second-order valence-corrected chi connectivity index (χ2v) is 10.4. The Labute approximate surface area is 233 Å². The Morgan fingerprint density at radius 2 is 1.52 bits per heavy atom. The van der Waals surface area contributed by atoms with E-state index in [9.17, 15) is 19.5 Å². The fourth-order valence-corrected chi connectivity index (χ4v) is 5.78. The van der Waals surface area contributed by atoms with E-state index in [1.807, 2.05) is 54.6 Å². The Morgan fingerprint density at radius 3 is 2.17 bits per heavy atom.